The smallest absolute Gasteiger partial charge is 0.315 e. The molecule has 1 fully saturated rings. The predicted molar refractivity (Wildman–Crippen MR) is 92.3 cm³/mol. The van der Waals surface area contributed by atoms with Gasteiger partial charge in [0.15, 0.2) is 0 Å². The number of rotatable bonds is 8. The number of benzene rings is 1. The third-order valence-electron chi connectivity index (χ3n) is 4.18. The second-order valence-corrected chi connectivity index (χ2v) is 5.92. The zero-order chi connectivity index (χ0) is 16.3. The number of ether oxygens (including phenoxy) is 1. The van der Waals surface area contributed by atoms with Gasteiger partial charge in [0.05, 0.1) is 6.61 Å². The summed E-state index contributed by atoms with van der Waals surface area (Å²) in [4.78, 5) is 14.3. The van der Waals surface area contributed by atoms with Gasteiger partial charge in [0.2, 0.25) is 0 Å². The van der Waals surface area contributed by atoms with Gasteiger partial charge in [0.1, 0.15) is 0 Å². The van der Waals surface area contributed by atoms with Crippen molar-refractivity contribution in [2.75, 3.05) is 32.8 Å². The molecule has 2 rings (SSSR count). The molecule has 1 aliphatic rings. The Morgan fingerprint density at radius 2 is 1.87 bits per heavy atom. The molecule has 1 heterocycles. The fourth-order valence-corrected chi connectivity index (χ4v) is 2.83. The molecule has 5 nitrogen and oxygen atoms in total. The topological polar surface area (TPSA) is 53.6 Å². The molecular formula is C18H29N3O2. The zero-order valence-corrected chi connectivity index (χ0v) is 14.1. The van der Waals surface area contributed by atoms with E-state index in [1.165, 1.54) is 19.3 Å². The van der Waals surface area contributed by atoms with Gasteiger partial charge in [-0.25, -0.2) is 4.79 Å². The molecule has 0 saturated carbocycles. The first-order valence-electron chi connectivity index (χ1n) is 8.68. The van der Waals surface area contributed by atoms with E-state index in [1.54, 1.807) is 0 Å². The lowest BCUT2D eigenvalue weighted by Crippen LogP contribution is -2.41. The molecule has 5 heteroatoms. The van der Waals surface area contributed by atoms with Crippen LogP contribution in [0.25, 0.3) is 0 Å². The number of carbonyl (C=O) groups excluding carboxylic acids is 1. The van der Waals surface area contributed by atoms with Gasteiger partial charge in [-0.15, -0.1) is 0 Å². The third kappa shape index (κ3) is 6.59. The number of amides is 2. The molecule has 1 aromatic rings. The van der Waals surface area contributed by atoms with Gasteiger partial charge in [0.25, 0.3) is 0 Å². The second-order valence-electron chi connectivity index (χ2n) is 5.92. The van der Waals surface area contributed by atoms with Crippen molar-refractivity contribution in [3.63, 3.8) is 0 Å². The number of urea groups is 1. The Morgan fingerprint density at radius 1 is 1.13 bits per heavy atom. The second kappa shape index (κ2) is 10.2. The number of nitrogens with zero attached hydrogens (tertiary/aromatic N) is 1. The van der Waals surface area contributed by atoms with E-state index in [4.69, 9.17) is 4.74 Å². The Balaban J connectivity index is 1.67. The summed E-state index contributed by atoms with van der Waals surface area (Å²) in [5.74, 6) is 0. The van der Waals surface area contributed by atoms with Gasteiger partial charge in [-0.2, -0.15) is 0 Å². The molecule has 1 saturated heterocycles. The van der Waals surface area contributed by atoms with Crippen LogP contribution in [-0.2, 0) is 17.9 Å². The summed E-state index contributed by atoms with van der Waals surface area (Å²) in [6, 6.07) is 7.95. The van der Waals surface area contributed by atoms with Crippen LogP contribution in [0.4, 0.5) is 4.79 Å². The molecule has 0 unspecified atom stereocenters. The van der Waals surface area contributed by atoms with Crippen LogP contribution in [0.2, 0.25) is 0 Å². The highest BCUT2D eigenvalue weighted by molar-refractivity contribution is 5.73. The number of hydrogen-bond acceptors (Lipinski definition) is 3. The maximum atomic E-state index is 11.9. The standard InChI is InChI=1S/C18H29N3O2/c1-2-23-15-17-9-5-4-8-16(17)14-20-18(22)19-10-13-21-11-6-3-7-12-21/h4-5,8-9H,2-3,6-7,10-15H2,1H3,(H2,19,20,22). The molecule has 1 aromatic carbocycles. The maximum Gasteiger partial charge on any atom is 0.315 e. The maximum absolute atomic E-state index is 11.9. The van der Waals surface area contributed by atoms with Gasteiger partial charge in [-0.3, -0.25) is 0 Å². The molecule has 0 bridgehead atoms. The highest BCUT2D eigenvalue weighted by Crippen LogP contribution is 2.10. The van der Waals surface area contributed by atoms with Crippen LogP contribution >= 0.6 is 0 Å². The van der Waals surface area contributed by atoms with Gasteiger partial charge in [0, 0.05) is 26.2 Å². The lowest BCUT2D eigenvalue weighted by atomic mass is 10.1. The fourth-order valence-electron chi connectivity index (χ4n) is 2.83. The molecule has 0 aromatic heterocycles. The van der Waals surface area contributed by atoms with Gasteiger partial charge >= 0.3 is 6.03 Å². The van der Waals surface area contributed by atoms with Crippen molar-refractivity contribution >= 4 is 6.03 Å². The fraction of sp³-hybridized carbons (Fsp3) is 0.611. The molecule has 0 spiro atoms. The van der Waals surface area contributed by atoms with Crippen molar-refractivity contribution in [3.8, 4) is 0 Å². The molecule has 1 aliphatic heterocycles. The van der Waals surface area contributed by atoms with E-state index in [0.717, 1.165) is 30.8 Å². The molecule has 23 heavy (non-hydrogen) atoms. The largest absolute Gasteiger partial charge is 0.377 e. The molecular weight excluding hydrogens is 290 g/mol. The first-order valence-corrected chi connectivity index (χ1v) is 8.68. The van der Waals surface area contributed by atoms with Crippen LogP contribution in [-0.4, -0.2) is 43.7 Å². The minimum atomic E-state index is -0.103. The highest BCUT2D eigenvalue weighted by Gasteiger charge is 2.10. The number of hydrogen-bond donors (Lipinski definition) is 2. The summed E-state index contributed by atoms with van der Waals surface area (Å²) in [5.41, 5.74) is 2.23. The number of carbonyl (C=O) groups is 1. The summed E-state index contributed by atoms with van der Waals surface area (Å²) in [7, 11) is 0. The van der Waals surface area contributed by atoms with Gasteiger partial charge in [-0.05, 0) is 44.0 Å². The van der Waals surface area contributed by atoms with Crippen LogP contribution in [0, 0.1) is 0 Å². The summed E-state index contributed by atoms with van der Waals surface area (Å²) in [5, 5.41) is 5.87. The van der Waals surface area contributed by atoms with E-state index in [9.17, 15) is 4.79 Å². The SMILES string of the molecule is CCOCc1ccccc1CNC(=O)NCCN1CCCCC1. The molecule has 0 atom stereocenters. The summed E-state index contributed by atoms with van der Waals surface area (Å²) in [6.45, 7) is 7.75. The number of piperidine rings is 1. The van der Waals surface area contributed by atoms with E-state index >= 15 is 0 Å². The van der Waals surface area contributed by atoms with Crippen molar-refractivity contribution in [3.05, 3.63) is 35.4 Å². The zero-order valence-electron chi connectivity index (χ0n) is 14.1. The minimum Gasteiger partial charge on any atom is -0.377 e. The van der Waals surface area contributed by atoms with Gasteiger partial charge in [-0.1, -0.05) is 30.7 Å². The Morgan fingerprint density at radius 3 is 2.61 bits per heavy atom. The summed E-state index contributed by atoms with van der Waals surface area (Å²) < 4.78 is 5.47. The Bertz CT molecular complexity index is 473. The van der Waals surface area contributed by atoms with Crippen molar-refractivity contribution in [1.29, 1.82) is 0 Å². The van der Waals surface area contributed by atoms with E-state index in [-0.39, 0.29) is 6.03 Å². The lowest BCUT2D eigenvalue weighted by Gasteiger charge is -2.26. The molecule has 2 N–H and O–H groups in total. The highest BCUT2D eigenvalue weighted by atomic mass is 16.5. The monoisotopic (exact) mass is 319 g/mol. The molecule has 128 valence electrons. The summed E-state index contributed by atoms with van der Waals surface area (Å²) in [6.07, 6.45) is 3.90. The van der Waals surface area contributed by atoms with Crippen molar-refractivity contribution < 1.29 is 9.53 Å². The first kappa shape index (κ1) is 17.8. The van der Waals surface area contributed by atoms with Crippen molar-refractivity contribution in [2.45, 2.75) is 39.3 Å². The Hall–Kier alpha value is -1.59. The summed E-state index contributed by atoms with van der Waals surface area (Å²) >= 11 is 0. The minimum absolute atomic E-state index is 0.103. The Labute approximate surface area is 139 Å². The Kier molecular flexibility index (Phi) is 7.90. The van der Waals surface area contributed by atoms with Crippen LogP contribution in [0.5, 0.6) is 0 Å². The van der Waals surface area contributed by atoms with Crippen LogP contribution in [0.1, 0.15) is 37.3 Å². The van der Waals surface area contributed by atoms with E-state index in [2.05, 4.69) is 15.5 Å². The first-order chi connectivity index (χ1) is 11.3. The van der Waals surface area contributed by atoms with E-state index in [0.29, 0.717) is 26.3 Å². The molecule has 0 aliphatic carbocycles. The van der Waals surface area contributed by atoms with Crippen molar-refractivity contribution in [2.24, 2.45) is 0 Å². The average Bonchev–Trinajstić information content (AvgIpc) is 2.60. The quantitative estimate of drug-likeness (QED) is 0.774. The third-order valence-corrected chi connectivity index (χ3v) is 4.18. The molecule has 0 radical (unpaired) electrons. The van der Waals surface area contributed by atoms with Crippen molar-refractivity contribution in [1.82, 2.24) is 15.5 Å². The normalized spacial score (nSPS) is 15.3. The predicted octanol–water partition coefficient (Wildman–Crippen LogP) is 2.51. The lowest BCUT2D eigenvalue weighted by molar-refractivity contribution is 0.133. The van der Waals surface area contributed by atoms with Gasteiger partial charge < -0.3 is 20.3 Å². The van der Waals surface area contributed by atoms with Crippen LogP contribution in [0.3, 0.4) is 0 Å². The number of likely N-dealkylation sites (tertiary alicyclic amines) is 1. The number of nitrogens with one attached hydrogen (secondary N) is 2. The van der Waals surface area contributed by atoms with E-state index < -0.39 is 0 Å². The van der Waals surface area contributed by atoms with E-state index in [1.807, 2.05) is 31.2 Å². The van der Waals surface area contributed by atoms with Crippen LogP contribution < -0.4 is 10.6 Å². The van der Waals surface area contributed by atoms with Crippen LogP contribution in [0.15, 0.2) is 24.3 Å². The molecule has 2 amide bonds. The average molecular weight is 319 g/mol.